The molecule has 0 heterocycles. The van der Waals surface area contributed by atoms with Crippen molar-refractivity contribution in [1.82, 2.24) is 0 Å². The van der Waals surface area contributed by atoms with Crippen LogP contribution in [0.4, 0.5) is 5.69 Å². The van der Waals surface area contributed by atoms with Crippen molar-refractivity contribution in [3.05, 3.63) is 53.1 Å². The number of nitrogen functional groups attached to an aromatic ring is 1. The number of amides is 1. The van der Waals surface area contributed by atoms with Crippen LogP contribution >= 0.6 is 0 Å². The average Bonchev–Trinajstić information content (AvgIpc) is 2.41. The number of nitriles is 1. The molecule has 2 aromatic rings. The zero-order valence-corrected chi connectivity index (χ0v) is 10.9. The molecule has 0 unspecified atom stereocenters. The molecule has 100 valence electrons. The van der Waals surface area contributed by atoms with E-state index in [1.54, 1.807) is 24.3 Å². The van der Waals surface area contributed by atoms with Crippen molar-refractivity contribution in [1.29, 1.82) is 5.26 Å². The van der Waals surface area contributed by atoms with Gasteiger partial charge in [0.25, 0.3) is 5.91 Å². The van der Waals surface area contributed by atoms with Crippen LogP contribution in [0, 0.1) is 18.3 Å². The van der Waals surface area contributed by atoms with Crippen LogP contribution < -0.4 is 16.2 Å². The first-order valence-corrected chi connectivity index (χ1v) is 5.89. The van der Waals surface area contributed by atoms with Gasteiger partial charge in [-0.1, -0.05) is 6.07 Å². The van der Waals surface area contributed by atoms with E-state index in [-0.39, 0.29) is 11.3 Å². The van der Waals surface area contributed by atoms with Crippen LogP contribution in [0.25, 0.3) is 0 Å². The lowest BCUT2D eigenvalue weighted by Crippen LogP contribution is -2.12. The highest BCUT2D eigenvalue weighted by Crippen LogP contribution is 2.30. The molecule has 0 aliphatic carbocycles. The summed E-state index contributed by atoms with van der Waals surface area (Å²) >= 11 is 0. The molecular weight excluding hydrogens is 254 g/mol. The highest BCUT2D eigenvalue weighted by molar-refractivity contribution is 5.96. The Bertz CT molecular complexity index is 718. The first kappa shape index (κ1) is 13.4. The molecule has 0 fully saturated rings. The minimum absolute atomic E-state index is 0.237. The zero-order chi connectivity index (χ0) is 14.7. The molecule has 0 atom stereocenters. The van der Waals surface area contributed by atoms with Gasteiger partial charge in [0, 0.05) is 11.8 Å². The van der Waals surface area contributed by atoms with E-state index in [0.29, 0.717) is 17.0 Å². The number of carbonyl (C=O) groups is 1. The Morgan fingerprint density at radius 2 is 1.95 bits per heavy atom. The lowest BCUT2D eigenvalue weighted by Gasteiger charge is -2.12. The third-order valence-electron chi connectivity index (χ3n) is 2.81. The molecule has 0 aliphatic rings. The summed E-state index contributed by atoms with van der Waals surface area (Å²) < 4.78 is 5.69. The van der Waals surface area contributed by atoms with E-state index in [2.05, 4.69) is 0 Å². The van der Waals surface area contributed by atoms with Gasteiger partial charge < -0.3 is 16.2 Å². The summed E-state index contributed by atoms with van der Waals surface area (Å²) in [5.41, 5.74) is 13.0. The lowest BCUT2D eigenvalue weighted by atomic mass is 10.1. The van der Waals surface area contributed by atoms with Crippen LogP contribution in [-0.2, 0) is 0 Å². The van der Waals surface area contributed by atoms with Crippen LogP contribution in [-0.4, -0.2) is 5.91 Å². The molecule has 0 bridgehead atoms. The monoisotopic (exact) mass is 267 g/mol. The molecular formula is C15H13N3O2. The van der Waals surface area contributed by atoms with Crippen molar-refractivity contribution in [2.45, 2.75) is 6.92 Å². The van der Waals surface area contributed by atoms with Gasteiger partial charge in [-0.2, -0.15) is 5.26 Å². The molecule has 0 aliphatic heterocycles. The van der Waals surface area contributed by atoms with Crippen molar-refractivity contribution < 1.29 is 9.53 Å². The van der Waals surface area contributed by atoms with Gasteiger partial charge in [0.05, 0.1) is 17.2 Å². The summed E-state index contributed by atoms with van der Waals surface area (Å²) in [6.45, 7) is 1.84. The number of rotatable bonds is 3. The van der Waals surface area contributed by atoms with Gasteiger partial charge in [0.1, 0.15) is 11.5 Å². The predicted octanol–water partition coefficient (Wildman–Crippen LogP) is 2.34. The summed E-state index contributed by atoms with van der Waals surface area (Å²) in [4.78, 5) is 11.4. The first-order chi connectivity index (χ1) is 9.51. The second kappa shape index (κ2) is 5.33. The fourth-order valence-electron chi connectivity index (χ4n) is 1.72. The van der Waals surface area contributed by atoms with Gasteiger partial charge in [0.2, 0.25) is 0 Å². The quantitative estimate of drug-likeness (QED) is 0.833. The number of hydrogen-bond donors (Lipinski definition) is 2. The van der Waals surface area contributed by atoms with E-state index in [1.165, 1.54) is 12.1 Å². The SMILES string of the molecule is Cc1ccc(C#N)cc1Oc1cc(N)ccc1C(N)=O. The number of benzene rings is 2. The number of nitrogens with zero attached hydrogens (tertiary/aromatic N) is 1. The number of nitrogens with two attached hydrogens (primary N) is 2. The maximum atomic E-state index is 11.4. The van der Waals surface area contributed by atoms with E-state index < -0.39 is 5.91 Å². The van der Waals surface area contributed by atoms with Crippen LogP contribution in [0.3, 0.4) is 0 Å². The normalized spacial score (nSPS) is 9.80. The van der Waals surface area contributed by atoms with E-state index in [9.17, 15) is 4.79 Å². The van der Waals surface area contributed by atoms with Crippen LogP contribution in [0.5, 0.6) is 11.5 Å². The van der Waals surface area contributed by atoms with Crippen molar-refractivity contribution in [2.75, 3.05) is 5.73 Å². The number of carbonyl (C=O) groups excluding carboxylic acids is 1. The third kappa shape index (κ3) is 2.70. The average molecular weight is 267 g/mol. The number of hydrogen-bond acceptors (Lipinski definition) is 4. The van der Waals surface area contributed by atoms with E-state index in [1.807, 2.05) is 13.0 Å². The van der Waals surface area contributed by atoms with Crippen LogP contribution in [0.2, 0.25) is 0 Å². The summed E-state index contributed by atoms with van der Waals surface area (Å²) in [5, 5.41) is 8.91. The Morgan fingerprint density at radius 1 is 1.20 bits per heavy atom. The molecule has 5 heteroatoms. The maximum Gasteiger partial charge on any atom is 0.252 e. The molecule has 0 aromatic heterocycles. The Hall–Kier alpha value is -3.00. The zero-order valence-electron chi connectivity index (χ0n) is 10.9. The second-order valence-electron chi connectivity index (χ2n) is 4.31. The molecule has 5 nitrogen and oxygen atoms in total. The van der Waals surface area contributed by atoms with E-state index >= 15 is 0 Å². The predicted molar refractivity (Wildman–Crippen MR) is 75.3 cm³/mol. The number of ether oxygens (including phenoxy) is 1. The number of aryl methyl sites for hydroxylation is 1. The van der Waals surface area contributed by atoms with Gasteiger partial charge in [-0.25, -0.2) is 0 Å². The van der Waals surface area contributed by atoms with Crippen molar-refractivity contribution in [3.8, 4) is 17.6 Å². The molecule has 0 spiro atoms. The van der Waals surface area contributed by atoms with Gasteiger partial charge in [-0.15, -0.1) is 0 Å². The molecule has 4 N–H and O–H groups in total. The fourth-order valence-corrected chi connectivity index (χ4v) is 1.72. The molecule has 0 saturated carbocycles. The molecule has 2 rings (SSSR count). The molecule has 1 amide bonds. The Kier molecular flexibility index (Phi) is 3.58. The highest BCUT2D eigenvalue weighted by atomic mass is 16.5. The highest BCUT2D eigenvalue weighted by Gasteiger charge is 2.12. The van der Waals surface area contributed by atoms with Crippen molar-refractivity contribution >= 4 is 11.6 Å². The van der Waals surface area contributed by atoms with E-state index in [4.69, 9.17) is 21.5 Å². The molecule has 0 saturated heterocycles. The van der Waals surface area contributed by atoms with E-state index in [0.717, 1.165) is 5.56 Å². The van der Waals surface area contributed by atoms with Crippen molar-refractivity contribution in [2.24, 2.45) is 5.73 Å². The van der Waals surface area contributed by atoms with Crippen molar-refractivity contribution in [3.63, 3.8) is 0 Å². The topological polar surface area (TPSA) is 102 Å². The summed E-state index contributed by atoms with van der Waals surface area (Å²) in [6, 6.07) is 11.7. The first-order valence-electron chi connectivity index (χ1n) is 5.89. The second-order valence-corrected chi connectivity index (χ2v) is 4.31. The van der Waals surface area contributed by atoms with Crippen LogP contribution in [0.15, 0.2) is 36.4 Å². The van der Waals surface area contributed by atoms with Crippen LogP contribution in [0.1, 0.15) is 21.5 Å². The minimum Gasteiger partial charge on any atom is -0.456 e. The summed E-state index contributed by atoms with van der Waals surface area (Å²) in [5.74, 6) is 0.155. The number of primary amides is 1. The largest absolute Gasteiger partial charge is 0.456 e. The Labute approximate surface area is 116 Å². The number of anilines is 1. The molecule has 2 aromatic carbocycles. The minimum atomic E-state index is -0.603. The van der Waals surface area contributed by atoms with Gasteiger partial charge in [-0.05, 0) is 36.8 Å². The maximum absolute atomic E-state index is 11.4. The van der Waals surface area contributed by atoms with Gasteiger partial charge >= 0.3 is 0 Å². The Morgan fingerprint density at radius 3 is 2.60 bits per heavy atom. The Balaban J connectivity index is 2.47. The smallest absolute Gasteiger partial charge is 0.252 e. The molecule has 0 radical (unpaired) electrons. The summed E-state index contributed by atoms with van der Waals surface area (Å²) in [7, 11) is 0. The third-order valence-corrected chi connectivity index (χ3v) is 2.81. The van der Waals surface area contributed by atoms with Gasteiger partial charge in [0.15, 0.2) is 0 Å². The van der Waals surface area contributed by atoms with Gasteiger partial charge in [-0.3, -0.25) is 4.79 Å². The fraction of sp³-hybridized carbons (Fsp3) is 0.0667. The molecule has 20 heavy (non-hydrogen) atoms. The lowest BCUT2D eigenvalue weighted by molar-refractivity contribution is 0.0998. The standard InChI is InChI=1S/C15H13N3O2/c1-9-2-3-10(8-16)6-13(9)20-14-7-11(17)4-5-12(14)15(18)19/h2-7H,17H2,1H3,(H2,18,19). The summed E-state index contributed by atoms with van der Waals surface area (Å²) in [6.07, 6.45) is 0.